The second-order valence-corrected chi connectivity index (χ2v) is 5.65. The van der Waals surface area contributed by atoms with Crippen LogP contribution in [0.1, 0.15) is 32.6 Å². The first-order valence-corrected chi connectivity index (χ1v) is 6.47. The van der Waals surface area contributed by atoms with E-state index in [1.165, 1.54) is 50.1 Å². The fourth-order valence-corrected chi connectivity index (χ4v) is 3.56. The van der Waals surface area contributed by atoms with E-state index >= 15 is 0 Å². The minimum Gasteiger partial charge on any atom is -0.147 e. The average molecular weight is 385 g/mol. The minimum atomic E-state index is 0. The molecule has 1 atom stereocenters. The number of halogens is 2. The molecule has 0 N–H and O–H groups in total. The molecule has 2 rings (SSSR count). The van der Waals surface area contributed by atoms with Crippen molar-refractivity contribution >= 4 is 24.8 Å². The molecule has 0 heterocycles. The third-order valence-electron chi connectivity index (χ3n) is 2.76. The van der Waals surface area contributed by atoms with Crippen LogP contribution in [-0.4, -0.2) is 0 Å². The summed E-state index contributed by atoms with van der Waals surface area (Å²) in [6.07, 6.45) is 8.09. The van der Waals surface area contributed by atoms with Crippen LogP contribution in [0.25, 0.3) is 0 Å². The summed E-state index contributed by atoms with van der Waals surface area (Å²) in [5.74, 6) is 0. The molecule has 0 spiro atoms. The Hall–Kier alpha value is 0.930. The van der Waals surface area contributed by atoms with Crippen molar-refractivity contribution in [1.29, 1.82) is 0 Å². The Labute approximate surface area is 108 Å². The molecule has 1 unspecified atom stereocenters. The van der Waals surface area contributed by atoms with Gasteiger partial charge < -0.3 is 0 Å². The van der Waals surface area contributed by atoms with Crippen molar-refractivity contribution < 1.29 is 24.4 Å². The smallest absolute Gasteiger partial charge is 0.147 e. The van der Waals surface area contributed by atoms with Gasteiger partial charge in [0.05, 0.1) is 0 Å². The number of rotatable bonds is 0. The second-order valence-electron chi connectivity index (χ2n) is 3.58. The molecule has 2 aliphatic rings. The molecule has 0 radical (unpaired) electrons. The van der Waals surface area contributed by atoms with Crippen molar-refractivity contribution in [3.8, 4) is 0 Å². The van der Waals surface area contributed by atoms with E-state index in [-0.39, 0.29) is 24.8 Å². The van der Waals surface area contributed by atoms with Crippen molar-refractivity contribution in [3.63, 3.8) is 0 Å². The summed E-state index contributed by atoms with van der Waals surface area (Å²) >= 11 is 1.33. The Bertz CT molecular complexity index is 243. The van der Waals surface area contributed by atoms with Crippen LogP contribution >= 0.6 is 24.8 Å². The molecule has 2 aliphatic carbocycles. The van der Waals surface area contributed by atoms with E-state index in [4.69, 9.17) is 0 Å². The van der Waals surface area contributed by atoms with E-state index in [0.717, 1.165) is 3.67 Å². The fraction of sp³-hybridized carbons (Fsp3) is 0.600. The van der Waals surface area contributed by atoms with Crippen LogP contribution in [0.4, 0.5) is 0 Å². The van der Waals surface area contributed by atoms with Gasteiger partial charge in [0.2, 0.25) is 0 Å². The van der Waals surface area contributed by atoms with Crippen LogP contribution in [0.3, 0.4) is 0 Å². The Morgan fingerprint density at radius 1 is 1.23 bits per heavy atom. The minimum absolute atomic E-state index is 0. The van der Waals surface area contributed by atoms with Gasteiger partial charge in [0.15, 0.2) is 0 Å². The van der Waals surface area contributed by atoms with Gasteiger partial charge in [-0.1, -0.05) is 0 Å². The number of hydrogen-bond acceptors (Lipinski definition) is 0. The van der Waals surface area contributed by atoms with Gasteiger partial charge in [-0.25, -0.2) is 0 Å². The first kappa shape index (κ1) is 13.9. The summed E-state index contributed by atoms with van der Waals surface area (Å²) in [6, 6.07) is 0. The first-order chi connectivity index (χ1) is 5.29. The normalized spacial score (nSPS) is 25.5. The van der Waals surface area contributed by atoms with E-state index in [1.807, 2.05) is 0 Å². The second kappa shape index (κ2) is 5.72. The van der Waals surface area contributed by atoms with Crippen LogP contribution in [0.15, 0.2) is 22.8 Å². The van der Waals surface area contributed by atoms with Gasteiger partial charge in [0.25, 0.3) is 0 Å². The molecule has 0 aromatic carbocycles. The first-order valence-electron chi connectivity index (χ1n) is 4.40. The van der Waals surface area contributed by atoms with Gasteiger partial charge in [-0.2, -0.15) is 0 Å². The zero-order chi connectivity index (χ0) is 7.84. The maximum atomic E-state index is 2.45. The zero-order valence-electron chi connectivity index (χ0n) is 7.80. The van der Waals surface area contributed by atoms with E-state index < -0.39 is 0 Å². The maximum absolute atomic E-state index is 2.45. The molecule has 0 saturated carbocycles. The summed E-state index contributed by atoms with van der Waals surface area (Å²) in [4.78, 5) is 0. The van der Waals surface area contributed by atoms with Crippen LogP contribution < -0.4 is 0 Å². The molecule has 0 fully saturated rings. The van der Waals surface area contributed by atoms with Gasteiger partial charge in [-0.05, 0) is 0 Å². The van der Waals surface area contributed by atoms with Gasteiger partial charge >= 0.3 is 83.5 Å². The molecule has 0 aliphatic heterocycles. The average Bonchev–Trinajstić information content (AvgIpc) is 2.30. The molecular weight excluding hydrogens is 370 g/mol. The molecule has 0 amide bonds. The van der Waals surface area contributed by atoms with Crippen molar-refractivity contribution in [1.82, 2.24) is 0 Å². The van der Waals surface area contributed by atoms with Crippen LogP contribution in [0.5, 0.6) is 0 Å². The van der Waals surface area contributed by atoms with Crippen molar-refractivity contribution in [2.45, 2.75) is 36.3 Å². The van der Waals surface area contributed by atoms with E-state index in [0.29, 0.717) is 0 Å². The Morgan fingerprint density at radius 3 is 2.46 bits per heavy atom. The third kappa shape index (κ3) is 2.70. The summed E-state index contributed by atoms with van der Waals surface area (Å²) in [6.45, 7) is 2.30. The van der Waals surface area contributed by atoms with E-state index in [1.54, 1.807) is 16.7 Å². The largest absolute Gasteiger partial charge is 0.147 e. The van der Waals surface area contributed by atoms with Gasteiger partial charge in [-0.3, -0.25) is 0 Å². The third-order valence-corrected chi connectivity index (χ3v) is 5.65. The molecule has 0 saturated heterocycles. The molecule has 13 heavy (non-hydrogen) atoms. The van der Waals surface area contributed by atoms with Crippen molar-refractivity contribution in [2.24, 2.45) is 0 Å². The molecule has 0 bridgehead atoms. The topological polar surface area (TPSA) is 0 Å². The summed E-state index contributed by atoms with van der Waals surface area (Å²) in [7, 11) is 0. The summed E-state index contributed by atoms with van der Waals surface area (Å²) in [5, 5.41) is 0. The van der Waals surface area contributed by atoms with Crippen LogP contribution in [0, 0.1) is 0 Å². The van der Waals surface area contributed by atoms with Gasteiger partial charge in [-0.15, -0.1) is 24.8 Å². The number of hydrogen-bond donors (Lipinski definition) is 0. The Morgan fingerprint density at radius 2 is 1.85 bits per heavy atom. The summed E-state index contributed by atoms with van der Waals surface area (Å²) in [5.41, 5.74) is 5.15. The quantitative estimate of drug-likeness (QED) is 0.554. The van der Waals surface area contributed by atoms with Crippen LogP contribution in [0.2, 0.25) is 3.67 Å². The molecule has 73 valence electrons. The summed E-state index contributed by atoms with van der Waals surface area (Å²) < 4.78 is 0.908. The van der Waals surface area contributed by atoms with E-state index in [2.05, 4.69) is 13.0 Å². The molecule has 3 heteroatoms. The molecule has 0 nitrogen and oxygen atoms in total. The number of allylic oxidation sites excluding steroid dienone is 4. The molecule has 0 aromatic rings. The predicted octanol–water partition coefficient (Wildman–Crippen LogP) is 4.00. The van der Waals surface area contributed by atoms with Gasteiger partial charge in [0, 0.05) is 0 Å². The van der Waals surface area contributed by atoms with E-state index in [9.17, 15) is 0 Å². The van der Waals surface area contributed by atoms with Crippen LogP contribution in [-0.2, 0) is 24.4 Å². The standard InChI is InChI=1S/C10H13.2ClH.Hf/c1-8-6-9-4-2-3-5-10(9)7-8;;;/h6-7H,2-5H2,1H3;2*1H;. The predicted molar refractivity (Wildman–Crippen MR) is 57.5 cm³/mol. The molecular formula is C10H15Cl2Hf. The van der Waals surface area contributed by atoms with Crippen molar-refractivity contribution in [3.05, 3.63) is 22.8 Å². The zero-order valence-corrected chi connectivity index (χ0v) is 13.0. The monoisotopic (exact) mass is 385 g/mol. The Kier molecular flexibility index (Phi) is 6.13. The van der Waals surface area contributed by atoms with Gasteiger partial charge in [0.1, 0.15) is 0 Å². The fourth-order valence-electron chi connectivity index (χ4n) is 2.08. The maximum Gasteiger partial charge on any atom is -0.147 e. The van der Waals surface area contributed by atoms with Crippen molar-refractivity contribution in [2.75, 3.05) is 0 Å². The SMILES string of the molecule is CC1=CC2=C(CCCC2)[CH]1[Hf].Cl.Cl. The molecule has 0 aromatic heterocycles. The Balaban J connectivity index is 0.000000720.